The monoisotopic (exact) mass is 396 g/mol. The zero-order valence-corrected chi connectivity index (χ0v) is 17.6. The summed E-state index contributed by atoms with van der Waals surface area (Å²) in [7, 11) is 3.62. The van der Waals surface area contributed by atoms with Crippen molar-refractivity contribution < 1.29 is 9.53 Å². The van der Waals surface area contributed by atoms with Gasteiger partial charge in [-0.2, -0.15) is 0 Å². The highest BCUT2D eigenvalue weighted by atomic mass is 16.5. The lowest BCUT2D eigenvalue weighted by Gasteiger charge is -2.34. The molecule has 2 aromatic rings. The molecule has 156 valence electrons. The van der Waals surface area contributed by atoms with Crippen molar-refractivity contribution in [2.45, 2.75) is 32.1 Å². The highest BCUT2D eigenvalue weighted by Gasteiger charge is 2.22. The van der Waals surface area contributed by atoms with Crippen LogP contribution in [-0.4, -0.2) is 66.0 Å². The highest BCUT2D eigenvalue weighted by Crippen LogP contribution is 2.19. The first-order valence-corrected chi connectivity index (χ1v) is 10.5. The van der Waals surface area contributed by atoms with Crippen LogP contribution in [0.3, 0.4) is 0 Å². The Balaban J connectivity index is 1.40. The molecule has 6 nitrogen and oxygen atoms in total. The second-order valence-electron chi connectivity index (χ2n) is 7.88. The zero-order chi connectivity index (χ0) is 20.5. The van der Waals surface area contributed by atoms with E-state index >= 15 is 0 Å². The lowest BCUT2D eigenvalue weighted by Crippen LogP contribution is -2.42. The van der Waals surface area contributed by atoms with E-state index in [9.17, 15) is 4.79 Å². The van der Waals surface area contributed by atoms with Gasteiger partial charge in [0.05, 0.1) is 12.8 Å². The van der Waals surface area contributed by atoms with Crippen LogP contribution in [0.1, 0.15) is 30.5 Å². The Morgan fingerprint density at radius 2 is 2.07 bits per heavy atom. The average molecular weight is 397 g/mol. The van der Waals surface area contributed by atoms with E-state index in [0.29, 0.717) is 18.8 Å². The molecule has 3 rings (SSSR count). The molecule has 1 saturated heterocycles. The van der Waals surface area contributed by atoms with Crippen LogP contribution in [0.2, 0.25) is 0 Å². The molecule has 0 aliphatic carbocycles. The number of methoxy groups -OCH3 is 1. The Bertz CT molecular complexity index is 751. The molecule has 1 fully saturated rings. The first-order valence-electron chi connectivity index (χ1n) is 10.5. The predicted molar refractivity (Wildman–Crippen MR) is 114 cm³/mol. The lowest BCUT2D eigenvalue weighted by atomic mass is 9.97. The van der Waals surface area contributed by atoms with Crippen molar-refractivity contribution in [2.75, 3.05) is 40.3 Å². The minimum absolute atomic E-state index is 0.186. The second-order valence-corrected chi connectivity index (χ2v) is 7.88. The summed E-state index contributed by atoms with van der Waals surface area (Å²) in [5, 5.41) is 0. The number of aryl methyl sites for hydroxylation is 1. The fourth-order valence-electron chi connectivity index (χ4n) is 3.96. The van der Waals surface area contributed by atoms with Crippen LogP contribution < -0.4 is 4.74 Å². The number of benzene rings is 1. The predicted octanol–water partition coefficient (Wildman–Crippen LogP) is 2.83. The summed E-state index contributed by atoms with van der Waals surface area (Å²) in [5.41, 5.74) is 2.21. The van der Waals surface area contributed by atoms with Crippen LogP contribution >= 0.6 is 0 Å². The quantitative estimate of drug-likeness (QED) is 0.652. The molecule has 1 atom stereocenters. The molecule has 1 aliphatic heterocycles. The molecule has 0 spiro atoms. The van der Waals surface area contributed by atoms with Gasteiger partial charge in [-0.1, -0.05) is 12.1 Å². The van der Waals surface area contributed by atoms with Crippen LogP contribution in [0.5, 0.6) is 5.75 Å². The topological polar surface area (TPSA) is 58.6 Å². The van der Waals surface area contributed by atoms with E-state index in [4.69, 9.17) is 4.74 Å². The van der Waals surface area contributed by atoms with Crippen molar-refractivity contribution >= 4 is 5.91 Å². The number of carbonyl (C=O) groups excluding carboxylic acids is 1. The number of hydrogen-bond acceptors (Lipinski definition) is 5. The van der Waals surface area contributed by atoms with Gasteiger partial charge in [0.15, 0.2) is 0 Å². The number of rotatable bonds is 9. The maximum Gasteiger partial charge on any atom is 0.222 e. The first kappa shape index (κ1) is 21.2. The largest absolute Gasteiger partial charge is 0.497 e. The van der Waals surface area contributed by atoms with Gasteiger partial charge in [0.1, 0.15) is 5.75 Å². The summed E-state index contributed by atoms with van der Waals surface area (Å²) in [6, 6.07) is 8.33. The molecule has 2 heterocycles. The fourth-order valence-corrected chi connectivity index (χ4v) is 3.96. The van der Waals surface area contributed by atoms with Crippen molar-refractivity contribution in [2.24, 2.45) is 5.92 Å². The number of ether oxygens (including phenoxy) is 1. The van der Waals surface area contributed by atoms with E-state index in [1.807, 2.05) is 24.1 Å². The van der Waals surface area contributed by atoms with Crippen molar-refractivity contribution in [3.63, 3.8) is 0 Å². The van der Waals surface area contributed by atoms with E-state index in [-0.39, 0.29) is 5.91 Å². The standard InChI is InChI=1S/C23H32N4O2/c1-26(23(28)10-7-21-16-24-12-13-25-21)17-20-4-3-14-27(18-20)15-11-19-5-8-22(29-2)9-6-19/h5-6,8-9,12-13,16,20H,3-4,7,10-11,14-15,17-18H2,1-2H3/t20-/m0/s1. The molecule has 1 amide bonds. The summed E-state index contributed by atoms with van der Waals surface area (Å²) in [5.74, 6) is 1.63. The maximum absolute atomic E-state index is 12.5. The number of hydrogen-bond donors (Lipinski definition) is 0. The highest BCUT2D eigenvalue weighted by molar-refractivity contribution is 5.76. The minimum Gasteiger partial charge on any atom is -0.497 e. The summed E-state index contributed by atoms with van der Waals surface area (Å²) in [6.07, 6.45) is 9.64. The van der Waals surface area contributed by atoms with Crippen LogP contribution in [0.4, 0.5) is 0 Å². The van der Waals surface area contributed by atoms with E-state index in [1.54, 1.807) is 25.7 Å². The zero-order valence-electron chi connectivity index (χ0n) is 17.6. The van der Waals surface area contributed by atoms with Gasteiger partial charge < -0.3 is 14.5 Å². The van der Waals surface area contributed by atoms with Crippen molar-refractivity contribution in [3.05, 3.63) is 54.1 Å². The number of amides is 1. The van der Waals surface area contributed by atoms with Crippen LogP contribution in [0, 0.1) is 5.92 Å². The minimum atomic E-state index is 0.186. The molecular weight excluding hydrogens is 364 g/mol. The molecule has 1 aromatic heterocycles. The normalized spacial score (nSPS) is 17.1. The molecule has 0 bridgehead atoms. The average Bonchev–Trinajstić information content (AvgIpc) is 2.77. The summed E-state index contributed by atoms with van der Waals surface area (Å²) in [6.45, 7) is 4.11. The number of nitrogens with zero attached hydrogens (tertiary/aromatic N) is 4. The molecule has 0 saturated carbocycles. The fraction of sp³-hybridized carbons (Fsp3) is 0.522. The Kier molecular flexibility index (Phi) is 7.99. The van der Waals surface area contributed by atoms with Gasteiger partial charge in [0.25, 0.3) is 0 Å². The molecule has 29 heavy (non-hydrogen) atoms. The Hall–Kier alpha value is -2.47. The Morgan fingerprint density at radius 3 is 2.79 bits per heavy atom. The maximum atomic E-state index is 12.5. The van der Waals surface area contributed by atoms with E-state index in [2.05, 4.69) is 27.0 Å². The van der Waals surface area contributed by atoms with Gasteiger partial charge in [-0.05, 0) is 55.8 Å². The molecule has 0 N–H and O–H groups in total. The molecule has 6 heteroatoms. The number of carbonyl (C=O) groups is 1. The van der Waals surface area contributed by atoms with Crippen molar-refractivity contribution in [1.82, 2.24) is 19.8 Å². The van der Waals surface area contributed by atoms with Gasteiger partial charge in [-0.25, -0.2) is 0 Å². The van der Waals surface area contributed by atoms with E-state index in [1.165, 1.54) is 18.4 Å². The van der Waals surface area contributed by atoms with Gasteiger partial charge in [-0.15, -0.1) is 0 Å². The van der Waals surface area contributed by atoms with Crippen LogP contribution in [0.15, 0.2) is 42.9 Å². The summed E-state index contributed by atoms with van der Waals surface area (Å²) in [4.78, 5) is 25.2. The number of likely N-dealkylation sites (tertiary alicyclic amines) is 1. The molecule has 0 radical (unpaired) electrons. The SMILES string of the molecule is COc1ccc(CCN2CCC[C@@H](CN(C)C(=O)CCc3cnccn3)C2)cc1. The van der Waals surface area contributed by atoms with Crippen LogP contribution in [0.25, 0.3) is 0 Å². The Labute approximate surface area is 173 Å². The molecular formula is C23H32N4O2. The molecule has 0 unspecified atom stereocenters. The van der Waals surface area contributed by atoms with Crippen molar-refractivity contribution in [1.29, 1.82) is 0 Å². The summed E-state index contributed by atoms with van der Waals surface area (Å²) < 4.78 is 5.23. The lowest BCUT2D eigenvalue weighted by molar-refractivity contribution is -0.130. The third kappa shape index (κ3) is 6.82. The third-order valence-electron chi connectivity index (χ3n) is 5.65. The number of piperidine rings is 1. The third-order valence-corrected chi connectivity index (χ3v) is 5.65. The smallest absolute Gasteiger partial charge is 0.222 e. The summed E-state index contributed by atoms with van der Waals surface area (Å²) >= 11 is 0. The number of aromatic nitrogens is 2. The molecule has 1 aliphatic rings. The molecule has 1 aromatic carbocycles. The van der Waals surface area contributed by atoms with Gasteiger partial charge in [0.2, 0.25) is 5.91 Å². The van der Waals surface area contributed by atoms with Gasteiger partial charge >= 0.3 is 0 Å². The van der Waals surface area contributed by atoms with Gasteiger partial charge in [0, 0.05) is 51.7 Å². The van der Waals surface area contributed by atoms with Crippen LogP contribution in [-0.2, 0) is 17.6 Å². The second kappa shape index (κ2) is 10.9. The van der Waals surface area contributed by atoms with E-state index < -0.39 is 0 Å². The van der Waals surface area contributed by atoms with E-state index in [0.717, 1.165) is 44.0 Å². The first-order chi connectivity index (χ1) is 14.1. The Morgan fingerprint density at radius 1 is 1.24 bits per heavy atom. The van der Waals surface area contributed by atoms with Crippen molar-refractivity contribution in [3.8, 4) is 5.75 Å². The van der Waals surface area contributed by atoms with Gasteiger partial charge in [-0.3, -0.25) is 14.8 Å².